The maximum Gasteiger partial charge on any atom is 0.165 e. The Morgan fingerprint density at radius 2 is 2.20 bits per heavy atom. The maximum absolute atomic E-state index is 13.7. The number of hydrogen-bond acceptors (Lipinski definition) is 4. The van der Waals surface area contributed by atoms with E-state index in [4.69, 9.17) is 22.2 Å². The molecule has 20 heavy (non-hydrogen) atoms. The fourth-order valence-corrected chi connectivity index (χ4v) is 2.16. The molecule has 1 unspecified atom stereocenters. The molecule has 106 valence electrons. The number of methoxy groups -OCH3 is 1. The third-order valence-corrected chi connectivity index (χ3v) is 3.22. The topological polar surface area (TPSA) is 60.2 Å². The van der Waals surface area contributed by atoms with E-state index in [2.05, 4.69) is 10.4 Å². The van der Waals surface area contributed by atoms with Crippen molar-refractivity contribution < 1.29 is 9.13 Å². The second kappa shape index (κ2) is 6.65. The fraction of sp³-hybridized carbons (Fsp3) is 0.214. The van der Waals surface area contributed by atoms with Crippen molar-refractivity contribution in [3.8, 4) is 5.75 Å². The molecule has 0 radical (unpaired) electrons. The smallest absolute Gasteiger partial charge is 0.165 e. The molecule has 3 N–H and O–H groups in total. The Balaban J connectivity index is 2.20. The summed E-state index contributed by atoms with van der Waals surface area (Å²) in [6.07, 6.45) is 2.13. The van der Waals surface area contributed by atoms with Gasteiger partial charge in [0.1, 0.15) is 5.15 Å². The largest absolute Gasteiger partial charge is 0.494 e. The number of aromatic nitrogens is 1. The minimum absolute atomic E-state index is 0.178. The second-order valence-electron chi connectivity index (χ2n) is 4.30. The van der Waals surface area contributed by atoms with Crippen molar-refractivity contribution >= 4 is 11.6 Å². The summed E-state index contributed by atoms with van der Waals surface area (Å²) in [4.78, 5) is 3.92. The normalized spacial score (nSPS) is 12.2. The second-order valence-corrected chi connectivity index (χ2v) is 4.69. The number of nitrogens with two attached hydrogens (primary N) is 1. The number of rotatable bonds is 5. The third kappa shape index (κ3) is 3.45. The van der Waals surface area contributed by atoms with E-state index in [9.17, 15) is 4.39 Å². The molecule has 2 aromatic rings. The number of halogens is 2. The molecular weight excluding hydrogens is 281 g/mol. The molecule has 0 bridgehead atoms. The van der Waals surface area contributed by atoms with E-state index in [1.165, 1.54) is 13.2 Å². The number of benzene rings is 1. The summed E-state index contributed by atoms with van der Waals surface area (Å²) in [5.74, 6) is 5.39. The molecule has 0 aliphatic heterocycles. The standard InChI is InChI=1S/C14H15ClFN3O/c1-20-13-3-2-9(6-11(13)16)7-12(19-17)10-4-5-18-14(15)8-10/h2-6,8,12,19H,7,17H2,1H3. The summed E-state index contributed by atoms with van der Waals surface area (Å²) in [5.41, 5.74) is 4.40. The molecule has 0 saturated heterocycles. The van der Waals surface area contributed by atoms with Crippen LogP contribution >= 0.6 is 11.6 Å². The van der Waals surface area contributed by atoms with Gasteiger partial charge in [-0.1, -0.05) is 17.7 Å². The van der Waals surface area contributed by atoms with Gasteiger partial charge in [-0.25, -0.2) is 9.37 Å². The van der Waals surface area contributed by atoms with E-state index in [1.807, 2.05) is 6.07 Å². The van der Waals surface area contributed by atoms with E-state index in [0.717, 1.165) is 11.1 Å². The molecule has 1 aromatic carbocycles. The van der Waals surface area contributed by atoms with Gasteiger partial charge >= 0.3 is 0 Å². The van der Waals surface area contributed by atoms with Crippen LogP contribution in [0.1, 0.15) is 17.2 Å². The van der Waals surface area contributed by atoms with Gasteiger partial charge in [-0.3, -0.25) is 11.3 Å². The molecule has 1 heterocycles. The van der Waals surface area contributed by atoms with Crippen LogP contribution in [-0.4, -0.2) is 12.1 Å². The van der Waals surface area contributed by atoms with Gasteiger partial charge in [0.25, 0.3) is 0 Å². The number of nitrogens with one attached hydrogen (secondary N) is 1. The lowest BCUT2D eigenvalue weighted by molar-refractivity contribution is 0.386. The highest BCUT2D eigenvalue weighted by Crippen LogP contribution is 2.23. The van der Waals surface area contributed by atoms with Crippen LogP contribution in [0.25, 0.3) is 0 Å². The van der Waals surface area contributed by atoms with Gasteiger partial charge in [0.05, 0.1) is 13.2 Å². The van der Waals surface area contributed by atoms with E-state index in [1.54, 1.807) is 24.4 Å². The Labute approximate surface area is 121 Å². The first-order valence-corrected chi connectivity index (χ1v) is 6.42. The Bertz CT molecular complexity index is 594. The molecule has 6 heteroatoms. The van der Waals surface area contributed by atoms with Crippen LogP contribution in [-0.2, 0) is 6.42 Å². The number of hydrogen-bond donors (Lipinski definition) is 2. The van der Waals surface area contributed by atoms with Crippen molar-refractivity contribution in [1.82, 2.24) is 10.4 Å². The summed E-state index contributed by atoms with van der Waals surface area (Å²) in [5, 5.41) is 0.392. The van der Waals surface area contributed by atoms with Crippen LogP contribution in [0.15, 0.2) is 36.5 Å². The lowest BCUT2D eigenvalue weighted by Crippen LogP contribution is -2.29. The van der Waals surface area contributed by atoms with E-state index < -0.39 is 5.82 Å². The van der Waals surface area contributed by atoms with Crippen molar-refractivity contribution in [2.24, 2.45) is 5.84 Å². The zero-order chi connectivity index (χ0) is 14.5. The first-order valence-electron chi connectivity index (χ1n) is 6.04. The lowest BCUT2D eigenvalue weighted by Gasteiger charge is -2.17. The molecule has 0 amide bonds. The molecule has 0 saturated carbocycles. The summed E-state index contributed by atoms with van der Waals surface area (Å²) >= 11 is 5.86. The quantitative estimate of drug-likeness (QED) is 0.506. The molecule has 0 aliphatic rings. The number of ether oxygens (including phenoxy) is 1. The number of pyridine rings is 1. The average molecular weight is 296 g/mol. The highest BCUT2D eigenvalue weighted by Gasteiger charge is 2.13. The van der Waals surface area contributed by atoms with Crippen LogP contribution in [0.4, 0.5) is 4.39 Å². The minimum Gasteiger partial charge on any atom is -0.494 e. The average Bonchev–Trinajstić information content (AvgIpc) is 2.45. The van der Waals surface area contributed by atoms with Crippen molar-refractivity contribution in [2.45, 2.75) is 12.5 Å². The van der Waals surface area contributed by atoms with Crippen LogP contribution in [0.3, 0.4) is 0 Å². The molecule has 0 aliphatic carbocycles. The lowest BCUT2D eigenvalue weighted by atomic mass is 10.00. The third-order valence-electron chi connectivity index (χ3n) is 3.01. The van der Waals surface area contributed by atoms with Crippen LogP contribution in [0.5, 0.6) is 5.75 Å². The first-order chi connectivity index (χ1) is 9.63. The summed E-state index contributed by atoms with van der Waals surface area (Å²) in [7, 11) is 1.43. The molecule has 2 rings (SSSR count). The van der Waals surface area contributed by atoms with Gasteiger partial charge < -0.3 is 4.74 Å². The minimum atomic E-state index is -0.395. The molecule has 0 fully saturated rings. The van der Waals surface area contributed by atoms with Crippen LogP contribution in [0, 0.1) is 5.82 Å². The van der Waals surface area contributed by atoms with Gasteiger partial charge in [-0.2, -0.15) is 0 Å². The monoisotopic (exact) mass is 295 g/mol. The van der Waals surface area contributed by atoms with Crippen molar-refractivity contribution in [3.63, 3.8) is 0 Å². The van der Waals surface area contributed by atoms with Crippen molar-refractivity contribution in [3.05, 3.63) is 58.6 Å². The molecular formula is C14H15ClFN3O. The highest BCUT2D eigenvalue weighted by molar-refractivity contribution is 6.29. The Morgan fingerprint density at radius 1 is 1.40 bits per heavy atom. The molecule has 1 atom stereocenters. The van der Waals surface area contributed by atoms with Gasteiger partial charge in [-0.05, 0) is 41.8 Å². The van der Waals surface area contributed by atoms with Gasteiger partial charge in [0, 0.05) is 6.20 Å². The van der Waals surface area contributed by atoms with Crippen LogP contribution in [0.2, 0.25) is 5.15 Å². The van der Waals surface area contributed by atoms with E-state index >= 15 is 0 Å². The SMILES string of the molecule is COc1ccc(CC(NN)c2ccnc(Cl)c2)cc1F. The van der Waals surface area contributed by atoms with Crippen LogP contribution < -0.4 is 16.0 Å². The predicted molar refractivity (Wildman–Crippen MR) is 76.0 cm³/mol. The van der Waals surface area contributed by atoms with E-state index in [0.29, 0.717) is 11.6 Å². The van der Waals surface area contributed by atoms with Crippen molar-refractivity contribution in [1.29, 1.82) is 0 Å². The molecule has 4 nitrogen and oxygen atoms in total. The zero-order valence-electron chi connectivity index (χ0n) is 10.9. The maximum atomic E-state index is 13.7. The Hall–Kier alpha value is -1.69. The van der Waals surface area contributed by atoms with Gasteiger partial charge in [0.2, 0.25) is 0 Å². The Morgan fingerprint density at radius 3 is 2.80 bits per heavy atom. The number of hydrazine groups is 1. The molecule has 0 spiro atoms. The summed E-state index contributed by atoms with van der Waals surface area (Å²) in [6, 6.07) is 8.20. The zero-order valence-corrected chi connectivity index (χ0v) is 11.7. The predicted octanol–water partition coefficient (Wildman–Crippen LogP) is 2.63. The molecule has 1 aromatic heterocycles. The fourth-order valence-electron chi connectivity index (χ4n) is 1.98. The highest BCUT2D eigenvalue weighted by atomic mass is 35.5. The van der Waals surface area contributed by atoms with Gasteiger partial charge in [0.15, 0.2) is 11.6 Å². The number of nitrogens with zero attached hydrogens (tertiary/aromatic N) is 1. The first kappa shape index (κ1) is 14.7. The van der Waals surface area contributed by atoms with Crippen molar-refractivity contribution in [2.75, 3.05) is 7.11 Å². The Kier molecular flexibility index (Phi) is 4.89. The summed E-state index contributed by atoms with van der Waals surface area (Å²) < 4.78 is 18.6. The summed E-state index contributed by atoms with van der Waals surface area (Å²) in [6.45, 7) is 0. The van der Waals surface area contributed by atoms with Gasteiger partial charge in [-0.15, -0.1) is 0 Å². The van der Waals surface area contributed by atoms with E-state index in [-0.39, 0.29) is 11.8 Å².